The third kappa shape index (κ3) is 4.70. The van der Waals surface area contributed by atoms with Crippen LogP contribution in [0.5, 0.6) is 0 Å². The summed E-state index contributed by atoms with van der Waals surface area (Å²) in [4.78, 5) is 11.7. The number of rotatable bonds is 5. The molecular formula is C17H18FN3O. The van der Waals surface area contributed by atoms with E-state index >= 15 is 0 Å². The second kappa shape index (κ2) is 7.36. The average molecular weight is 299 g/mol. The first-order chi connectivity index (χ1) is 10.5. The van der Waals surface area contributed by atoms with Crippen molar-refractivity contribution in [3.63, 3.8) is 0 Å². The number of nitrogens with zero attached hydrogens (tertiary/aromatic N) is 1. The van der Waals surface area contributed by atoms with Gasteiger partial charge in [-0.3, -0.25) is 4.79 Å². The molecule has 5 heteroatoms. The number of amides is 1. The van der Waals surface area contributed by atoms with E-state index in [0.717, 1.165) is 11.3 Å². The molecular weight excluding hydrogens is 281 g/mol. The SMILES string of the molecule is C/C(=N/NC(=O)CNc1ccc(F)cc1)c1ccc(C)cc1. The Morgan fingerprint density at radius 2 is 1.73 bits per heavy atom. The fourth-order valence-corrected chi connectivity index (χ4v) is 1.80. The van der Waals surface area contributed by atoms with Gasteiger partial charge in [-0.2, -0.15) is 5.10 Å². The predicted molar refractivity (Wildman–Crippen MR) is 86.4 cm³/mol. The fraction of sp³-hybridized carbons (Fsp3) is 0.176. The van der Waals surface area contributed by atoms with Crippen molar-refractivity contribution in [3.05, 3.63) is 65.5 Å². The van der Waals surface area contributed by atoms with Crippen molar-refractivity contribution in [1.82, 2.24) is 5.43 Å². The summed E-state index contributed by atoms with van der Waals surface area (Å²) in [5.74, 6) is -0.580. The number of halogens is 1. The Hall–Kier alpha value is -2.69. The molecule has 2 aromatic rings. The van der Waals surface area contributed by atoms with Crippen molar-refractivity contribution in [2.45, 2.75) is 13.8 Å². The van der Waals surface area contributed by atoms with Gasteiger partial charge in [0.2, 0.25) is 0 Å². The van der Waals surface area contributed by atoms with Gasteiger partial charge in [0.25, 0.3) is 5.91 Å². The third-order valence-corrected chi connectivity index (χ3v) is 3.11. The lowest BCUT2D eigenvalue weighted by molar-refractivity contribution is -0.119. The maximum atomic E-state index is 12.8. The Balaban J connectivity index is 1.85. The van der Waals surface area contributed by atoms with Crippen LogP contribution >= 0.6 is 0 Å². The van der Waals surface area contributed by atoms with E-state index in [9.17, 15) is 9.18 Å². The summed E-state index contributed by atoms with van der Waals surface area (Å²) in [7, 11) is 0. The van der Waals surface area contributed by atoms with E-state index in [1.165, 1.54) is 17.7 Å². The number of carbonyl (C=O) groups is 1. The first-order valence-electron chi connectivity index (χ1n) is 6.94. The molecule has 0 aliphatic carbocycles. The Morgan fingerprint density at radius 1 is 1.09 bits per heavy atom. The van der Waals surface area contributed by atoms with Crippen LogP contribution in [0, 0.1) is 12.7 Å². The van der Waals surface area contributed by atoms with Gasteiger partial charge in [-0.25, -0.2) is 9.82 Å². The van der Waals surface area contributed by atoms with E-state index in [2.05, 4.69) is 15.8 Å². The van der Waals surface area contributed by atoms with E-state index in [4.69, 9.17) is 0 Å². The summed E-state index contributed by atoms with van der Waals surface area (Å²) in [6.45, 7) is 3.91. The minimum atomic E-state index is -0.312. The van der Waals surface area contributed by atoms with Crippen LogP contribution in [0.3, 0.4) is 0 Å². The van der Waals surface area contributed by atoms with Crippen LogP contribution in [-0.4, -0.2) is 18.2 Å². The highest BCUT2D eigenvalue weighted by atomic mass is 19.1. The molecule has 2 aromatic carbocycles. The van der Waals surface area contributed by atoms with E-state index in [-0.39, 0.29) is 18.3 Å². The Labute approximate surface area is 129 Å². The summed E-state index contributed by atoms with van der Waals surface area (Å²) in [6, 6.07) is 13.7. The molecule has 0 aliphatic rings. The highest BCUT2D eigenvalue weighted by Gasteiger charge is 2.02. The van der Waals surface area contributed by atoms with Gasteiger partial charge in [-0.15, -0.1) is 0 Å². The van der Waals surface area contributed by atoms with Gasteiger partial charge in [0.05, 0.1) is 12.3 Å². The van der Waals surface area contributed by atoms with E-state index < -0.39 is 0 Å². The zero-order valence-corrected chi connectivity index (χ0v) is 12.6. The van der Waals surface area contributed by atoms with Crippen LogP contribution < -0.4 is 10.7 Å². The van der Waals surface area contributed by atoms with Gasteiger partial charge in [-0.05, 0) is 43.7 Å². The zero-order chi connectivity index (χ0) is 15.9. The molecule has 4 nitrogen and oxygen atoms in total. The molecule has 0 aliphatic heterocycles. The van der Waals surface area contributed by atoms with E-state index in [1.807, 2.05) is 38.1 Å². The maximum Gasteiger partial charge on any atom is 0.259 e. The first-order valence-corrected chi connectivity index (χ1v) is 6.94. The summed E-state index contributed by atoms with van der Waals surface area (Å²) >= 11 is 0. The number of hydrogen-bond donors (Lipinski definition) is 2. The maximum absolute atomic E-state index is 12.8. The number of aryl methyl sites for hydroxylation is 1. The van der Waals surface area contributed by atoms with E-state index in [0.29, 0.717) is 5.69 Å². The van der Waals surface area contributed by atoms with Crippen molar-refractivity contribution < 1.29 is 9.18 Å². The molecule has 0 saturated carbocycles. The monoisotopic (exact) mass is 299 g/mol. The minimum absolute atomic E-state index is 0.0658. The molecule has 22 heavy (non-hydrogen) atoms. The van der Waals surface area contributed by atoms with Gasteiger partial charge in [0.15, 0.2) is 0 Å². The second-order valence-electron chi connectivity index (χ2n) is 4.96. The lowest BCUT2D eigenvalue weighted by Crippen LogP contribution is -2.26. The Morgan fingerprint density at radius 3 is 2.36 bits per heavy atom. The molecule has 2 N–H and O–H groups in total. The third-order valence-electron chi connectivity index (χ3n) is 3.11. The minimum Gasteiger partial charge on any atom is -0.376 e. The largest absolute Gasteiger partial charge is 0.376 e. The Bertz CT molecular complexity index is 663. The lowest BCUT2D eigenvalue weighted by Gasteiger charge is -2.06. The zero-order valence-electron chi connectivity index (χ0n) is 12.6. The highest BCUT2D eigenvalue weighted by molar-refractivity contribution is 5.99. The quantitative estimate of drug-likeness (QED) is 0.658. The molecule has 114 valence electrons. The number of hydrazone groups is 1. The molecule has 0 aromatic heterocycles. The standard InChI is InChI=1S/C17H18FN3O/c1-12-3-5-14(6-4-12)13(2)20-21-17(22)11-19-16-9-7-15(18)8-10-16/h3-10,19H,11H2,1-2H3,(H,21,22)/b20-13-. The average Bonchev–Trinajstić information content (AvgIpc) is 2.52. The molecule has 0 unspecified atom stereocenters. The van der Waals surface area contributed by atoms with E-state index in [1.54, 1.807) is 12.1 Å². The van der Waals surface area contributed by atoms with Crippen LogP contribution in [0.1, 0.15) is 18.1 Å². The van der Waals surface area contributed by atoms with Crippen molar-refractivity contribution in [2.75, 3.05) is 11.9 Å². The normalized spacial score (nSPS) is 11.1. The molecule has 0 radical (unpaired) electrons. The molecule has 0 saturated heterocycles. The van der Waals surface area contributed by atoms with Gasteiger partial charge in [-0.1, -0.05) is 29.8 Å². The first kappa shape index (κ1) is 15.7. The number of benzene rings is 2. The number of hydrogen-bond acceptors (Lipinski definition) is 3. The van der Waals surface area contributed by atoms with Gasteiger partial charge >= 0.3 is 0 Å². The topological polar surface area (TPSA) is 53.5 Å². The fourth-order valence-electron chi connectivity index (χ4n) is 1.80. The van der Waals surface area contributed by atoms with Gasteiger partial charge in [0, 0.05) is 5.69 Å². The van der Waals surface area contributed by atoms with Crippen LogP contribution in [0.15, 0.2) is 53.6 Å². The second-order valence-corrected chi connectivity index (χ2v) is 4.96. The van der Waals surface area contributed by atoms with Crippen LogP contribution in [0.4, 0.5) is 10.1 Å². The summed E-state index contributed by atoms with van der Waals surface area (Å²) in [6.07, 6.45) is 0. The highest BCUT2D eigenvalue weighted by Crippen LogP contribution is 2.07. The van der Waals surface area contributed by atoms with Crippen LogP contribution in [-0.2, 0) is 4.79 Å². The number of anilines is 1. The predicted octanol–water partition coefficient (Wildman–Crippen LogP) is 3.09. The molecule has 2 rings (SSSR count). The summed E-state index contributed by atoms with van der Waals surface area (Å²) in [5.41, 5.74) is 6.02. The number of carbonyl (C=O) groups excluding carboxylic acids is 1. The summed E-state index contributed by atoms with van der Waals surface area (Å²) < 4.78 is 12.8. The van der Waals surface area contributed by atoms with Crippen molar-refractivity contribution >= 4 is 17.3 Å². The smallest absolute Gasteiger partial charge is 0.259 e. The lowest BCUT2D eigenvalue weighted by atomic mass is 10.1. The van der Waals surface area contributed by atoms with Crippen molar-refractivity contribution in [1.29, 1.82) is 0 Å². The van der Waals surface area contributed by atoms with Crippen molar-refractivity contribution in [3.8, 4) is 0 Å². The molecule has 0 atom stereocenters. The molecule has 0 spiro atoms. The van der Waals surface area contributed by atoms with Crippen LogP contribution in [0.25, 0.3) is 0 Å². The van der Waals surface area contributed by atoms with Crippen LogP contribution in [0.2, 0.25) is 0 Å². The Kier molecular flexibility index (Phi) is 5.25. The van der Waals surface area contributed by atoms with Gasteiger partial charge < -0.3 is 5.32 Å². The molecule has 0 bridgehead atoms. The molecule has 0 fully saturated rings. The van der Waals surface area contributed by atoms with Crippen molar-refractivity contribution in [2.24, 2.45) is 5.10 Å². The number of nitrogens with one attached hydrogen (secondary N) is 2. The van der Waals surface area contributed by atoms with Gasteiger partial charge in [0.1, 0.15) is 5.82 Å². The molecule has 1 amide bonds. The molecule has 0 heterocycles. The summed E-state index contributed by atoms with van der Waals surface area (Å²) in [5, 5.41) is 6.96.